The Morgan fingerprint density at radius 3 is 2.43 bits per heavy atom. The molecule has 0 bridgehead atoms. The average molecular weight is 193 g/mol. The molecule has 0 aromatic carbocycles. The molecule has 2 N–H and O–H groups in total. The molecule has 1 heterocycles. The van der Waals surface area contributed by atoms with Gasteiger partial charge in [-0.15, -0.1) is 0 Å². The summed E-state index contributed by atoms with van der Waals surface area (Å²) in [4.78, 5) is 0. The van der Waals surface area contributed by atoms with Crippen LogP contribution in [0.3, 0.4) is 0 Å². The summed E-state index contributed by atoms with van der Waals surface area (Å²) >= 11 is 0. The second-order valence-electron chi connectivity index (χ2n) is 4.99. The lowest BCUT2D eigenvalue weighted by atomic mass is 9.94. The zero-order valence-electron chi connectivity index (χ0n) is 9.46. The van der Waals surface area contributed by atoms with Crippen LogP contribution >= 0.6 is 0 Å². The van der Waals surface area contributed by atoms with E-state index in [9.17, 15) is 0 Å². The number of hydrogen-bond donors (Lipinski definition) is 1. The molecular weight excluding hydrogens is 174 g/mol. The van der Waals surface area contributed by atoms with Crippen molar-refractivity contribution >= 4 is 5.82 Å². The monoisotopic (exact) mass is 193 g/mol. The first-order valence-electron chi connectivity index (χ1n) is 5.28. The molecule has 0 aliphatic heterocycles. The quantitative estimate of drug-likeness (QED) is 0.782. The van der Waals surface area contributed by atoms with Crippen LogP contribution in [-0.4, -0.2) is 9.78 Å². The zero-order chi connectivity index (χ0) is 10.5. The minimum Gasteiger partial charge on any atom is -0.384 e. The highest BCUT2D eigenvalue weighted by Gasteiger charge is 2.44. The highest BCUT2D eigenvalue weighted by atomic mass is 15.3. The van der Waals surface area contributed by atoms with Crippen molar-refractivity contribution in [2.75, 3.05) is 5.73 Å². The van der Waals surface area contributed by atoms with Crippen LogP contribution < -0.4 is 5.73 Å². The van der Waals surface area contributed by atoms with Gasteiger partial charge in [0.25, 0.3) is 0 Å². The lowest BCUT2D eigenvalue weighted by Crippen LogP contribution is -2.06. The molecule has 0 saturated heterocycles. The third-order valence-corrected chi connectivity index (χ3v) is 3.28. The fraction of sp³-hybridized carbons (Fsp3) is 0.727. The number of aromatic nitrogens is 2. The number of anilines is 1. The Balaban J connectivity index is 2.54. The van der Waals surface area contributed by atoms with Crippen molar-refractivity contribution in [2.24, 2.45) is 7.05 Å². The van der Waals surface area contributed by atoms with E-state index in [1.54, 1.807) is 0 Å². The van der Waals surface area contributed by atoms with E-state index in [0.717, 1.165) is 5.82 Å². The average Bonchev–Trinajstić information content (AvgIpc) is 2.75. The van der Waals surface area contributed by atoms with Gasteiger partial charge in [0.1, 0.15) is 5.82 Å². The Labute approximate surface area is 85.3 Å². The lowest BCUT2D eigenvalue weighted by Gasteiger charge is -2.11. The Morgan fingerprint density at radius 2 is 2.00 bits per heavy atom. The summed E-state index contributed by atoms with van der Waals surface area (Å²) in [6.45, 7) is 6.64. The molecule has 1 aromatic rings. The van der Waals surface area contributed by atoms with Gasteiger partial charge >= 0.3 is 0 Å². The largest absolute Gasteiger partial charge is 0.384 e. The van der Waals surface area contributed by atoms with E-state index < -0.39 is 0 Å². The van der Waals surface area contributed by atoms with Crippen molar-refractivity contribution in [3.63, 3.8) is 0 Å². The smallest absolute Gasteiger partial charge is 0.125 e. The van der Waals surface area contributed by atoms with Crippen LogP contribution in [0.15, 0.2) is 0 Å². The Kier molecular flexibility index (Phi) is 1.88. The molecule has 3 heteroatoms. The molecule has 0 atom stereocenters. The number of nitrogens with zero attached hydrogens (tertiary/aromatic N) is 2. The Morgan fingerprint density at radius 1 is 1.43 bits per heavy atom. The molecule has 1 aliphatic carbocycles. The van der Waals surface area contributed by atoms with Gasteiger partial charge in [-0.3, -0.25) is 4.68 Å². The normalized spacial score (nSPS) is 18.9. The van der Waals surface area contributed by atoms with E-state index in [1.165, 1.54) is 24.1 Å². The fourth-order valence-corrected chi connectivity index (χ4v) is 1.99. The molecule has 14 heavy (non-hydrogen) atoms. The van der Waals surface area contributed by atoms with Gasteiger partial charge in [0.15, 0.2) is 0 Å². The molecule has 1 aliphatic rings. The van der Waals surface area contributed by atoms with Crippen molar-refractivity contribution in [3.05, 3.63) is 11.3 Å². The predicted octanol–water partition coefficient (Wildman–Crippen LogP) is 2.18. The molecule has 78 valence electrons. The van der Waals surface area contributed by atoms with Gasteiger partial charge in [0, 0.05) is 18.0 Å². The van der Waals surface area contributed by atoms with Gasteiger partial charge in [0.05, 0.1) is 5.69 Å². The van der Waals surface area contributed by atoms with Crippen LogP contribution in [0.1, 0.15) is 50.8 Å². The number of rotatable bonds is 2. The summed E-state index contributed by atoms with van der Waals surface area (Å²) in [6.07, 6.45) is 2.51. The van der Waals surface area contributed by atoms with Crippen LogP contribution in [0.4, 0.5) is 5.82 Å². The van der Waals surface area contributed by atoms with E-state index in [-0.39, 0.29) is 0 Å². The van der Waals surface area contributed by atoms with Gasteiger partial charge in [-0.25, -0.2) is 0 Å². The highest BCUT2D eigenvalue weighted by Crippen LogP contribution is 2.50. The van der Waals surface area contributed by atoms with Crippen LogP contribution in [0.5, 0.6) is 0 Å². The molecule has 0 unspecified atom stereocenters. The van der Waals surface area contributed by atoms with Crippen molar-refractivity contribution in [1.29, 1.82) is 0 Å². The number of hydrogen-bond acceptors (Lipinski definition) is 2. The summed E-state index contributed by atoms with van der Waals surface area (Å²) in [5.41, 5.74) is 8.83. The maximum absolute atomic E-state index is 6.03. The molecule has 1 saturated carbocycles. The van der Waals surface area contributed by atoms with Crippen LogP contribution in [0.2, 0.25) is 0 Å². The molecular formula is C11H19N3. The van der Waals surface area contributed by atoms with Gasteiger partial charge in [-0.05, 0) is 18.8 Å². The minimum absolute atomic E-state index is 0.314. The van der Waals surface area contributed by atoms with Gasteiger partial charge in [0.2, 0.25) is 0 Å². The summed E-state index contributed by atoms with van der Waals surface area (Å²) in [6, 6.07) is 0. The molecule has 0 spiro atoms. The maximum atomic E-state index is 6.03. The number of nitrogen functional groups attached to an aromatic ring is 1. The minimum atomic E-state index is 0.314. The first kappa shape index (κ1) is 9.56. The molecule has 2 rings (SSSR count). The molecule has 0 radical (unpaired) electrons. The first-order valence-corrected chi connectivity index (χ1v) is 5.28. The SMILES string of the molecule is CC(C)c1c(C2(C)CC2)nn(C)c1N. The summed E-state index contributed by atoms with van der Waals surface area (Å²) in [5.74, 6) is 1.30. The summed E-state index contributed by atoms with van der Waals surface area (Å²) in [5, 5.41) is 4.56. The third-order valence-electron chi connectivity index (χ3n) is 3.28. The van der Waals surface area contributed by atoms with Crippen molar-refractivity contribution < 1.29 is 0 Å². The standard InChI is InChI=1S/C11H19N3/c1-7(2)8-9(11(3)5-6-11)13-14(4)10(8)12/h7H,5-6,12H2,1-4H3. The summed E-state index contributed by atoms with van der Waals surface area (Å²) < 4.78 is 1.81. The number of nitrogens with two attached hydrogens (primary N) is 1. The van der Waals surface area contributed by atoms with Gasteiger partial charge < -0.3 is 5.73 Å². The zero-order valence-corrected chi connectivity index (χ0v) is 9.46. The molecule has 3 nitrogen and oxygen atoms in total. The highest BCUT2D eigenvalue weighted by molar-refractivity contribution is 5.49. The first-order chi connectivity index (χ1) is 6.46. The molecule has 0 amide bonds. The van der Waals surface area contributed by atoms with E-state index in [1.807, 2.05) is 11.7 Å². The van der Waals surface area contributed by atoms with E-state index in [2.05, 4.69) is 25.9 Å². The van der Waals surface area contributed by atoms with Crippen LogP contribution in [0, 0.1) is 0 Å². The lowest BCUT2D eigenvalue weighted by molar-refractivity contribution is 0.676. The summed E-state index contributed by atoms with van der Waals surface area (Å²) in [7, 11) is 1.93. The third kappa shape index (κ3) is 1.22. The number of aryl methyl sites for hydroxylation is 1. The Bertz CT molecular complexity index is 359. The van der Waals surface area contributed by atoms with Crippen molar-refractivity contribution in [3.8, 4) is 0 Å². The maximum Gasteiger partial charge on any atom is 0.125 e. The van der Waals surface area contributed by atoms with Crippen LogP contribution in [0.25, 0.3) is 0 Å². The predicted molar refractivity (Wildman–Crippen MR) is 58.3 cm³/mol. The van der Waals surface area contributed by atoms with Crippen molar-refractivity contribution in [1.82, 2.24) is 9.78 Å². The van der Waals surface area contributed by atoms with Crippen molar-refractivity contribution in [2.45, 2.75) is 44.9 Å². The topological polar surface area (TPSA) is 43.8 Å². The van der Waals surface area contributed by atoms with E-state index in [4.69, 9.17) is 5.73 Å². The fourth-order valence-electron chi connectivity index (χ4n) is 1.99. The second kappa shape index (κ2) is 2.75. The van der Waals surface area contributed by atoms with E-state index >= 15 is 0 Å². The van der Waals surface area contributed by atoms with E-state index in [0.29, 0.717) is 11.3 Å². The molecule has 1 fully saturated rings. The van der Waals surface area contributed by atoms with Crippen LogP contribution in [-0.2, 0) is 12.5 Å². The Hall–Kier alpha value is -0.990. The van der Waals surface area contributed by atoms with Gasteiger partial charge in [-0.1, -0.05) is 20.8 Å². The second-order valence-corrected chi connectivity index (χ2v) is 4.99. The molecule has 1 aromatic heterocycles. The van der Waals surface area contributed by atoms with Gasteiger partial charge in [-0.2, -0.15) is 5.10 Å².